The van der Waals surface area contributed by atoms with Gasteiger partial charge in [-0.2, -0.15) is 5.06 Å². The summed E-state index contributed by atoms with van der Waals surface area (Å²) >= 11 is 0. The minimum Gasteiger partial charge on any atom is -0.296 e. The van der Waals surface area contributed by atoms with Crippen molar-refractivity contribution < 1.29 is 4.84 Å². The fraction of sp³-hybridized carbons (Fsp3) is 1.00. The van der Waals surface area contributed by atoms with E-state index in [-0.39, 0.29) is 0 Å². The van der Waals surface area contributed by atoms with Gasteiger partial charge in [0.05, 0.1) is 6.10 Å². The molecule has 0 bridgehead atoms. The predicted octanol–water partition coefficient (Wildman–Crippen LogP) is 4.50. The monoisotopic (exact) mass is 243 g/mol. The number of hydroxylamine groups is 2. The Morgan fingerprint density at radius 2 is 1.71 bits per heavy atom. The fourth-order valence-corrected chi connectivity index (χ4v) is 2.11. The molecule has 0 aliphatic carbocycles. The molecule has 0 aliphatic heterocycles. The molecule has 104 valence electrons. The van der Waals surface area contributed by atoms with Crippen LogP contribution < -0.4 is 0 Å². The Hall–Kier alpha value is -0.0800. The van der Waals surface area contributed by atoms with E-state index in [1.54, 1.807) is 0 Å². The van der Waals surface area contributed by atoms with Crippen LogP contribution in [0.3, 0.4) is 0 Å². The van der Waals surface area contributed by atoms with Gasteiger partial charge in [0.25, 0.3) is 0 Å². The molecule has 0 N–H and O–H groups in total. The Balaban J connectivity index is 4.11. The molecule has 3 unspecified atom stereocenters. The van der Waals surface area contributed by atoms with Crippen LogP contribution in [0.5, 0.6) is 0 Å². The molecule has 0 aromatic rings. The molecule has 0 heterocycles. The van der Waals surface area contributed by atoms with E-state index in [1.165, 1.54) is 25.7 Å². The first-order chi connectivity index (χ1) is 8.04. The molecule has 0 aliphatic rings. The lowest BCUT2D eigenvalue weighted by atomic mass is 9.87. The van der Waals surface area contributed by atoms with Gasteiger partial charge in [-0.3, -0.25) is 4.84 Å². The van der Waals surface area contributed by atoms with E-state index < -0.39 is 0 Å². The number of hydrogen-bond acceptors (Lipinski definition) is 2. The molecule has 0 spiro atoms. The summed E-state index contributed by atoms with van der Waals surface area (Å²) in [4.78, 5) is 5.84. The summed E-state index contributed by atoms with van der Waals surface area (Å²) < 4.78 is 0. The van der Waals surface area contributed by atoms with Gasteiger partial charge in [-0.05, 0) is 31.6 Å². The van der Waals surface area contributed by atoms with Crippen molar-refractivity contribution in [3.05, 3.63) is 0 Å². The second kappa shape index (κ2) is 9.90. The average molecular weight is 243 g/mol. The zero-order valence-electron chi connectivity index (χ0n) is 12.8. The van der Waals surface area contributed by atoms with Crippen molar-refractivity contribution in [2.45, 2.75) is 72.8 Å². The molecule has 2 heteroatoms. The number of rotatable bonds is 10. The van der Waals surface area contributed by atoms with Crippen molar-refractivity contribution in [3.63, 3.8) is 0 Å². The third-order valence-electron chi connectivity index (χ3n) is 3.80. The van der Waals surface area contributed by atoms with E-state index in [9.17, 15) is 0 Å². The molecule has 0 saturated heterocycles. The van der Waals surface area contributed by atoms with Crippen molar-refractivity contribution in [2.75, 3.05) is 13.6 Å². The molecule has 0 fully saturated rings. The summed E-state index contributed by atoms with van der Waals surface area (Å²) in [6.45, 7) is 12.3. The molecule has 0 saturated carbocycles. The normalized spacial score (nSPS) is 17.1. The highest BCUT2D eigenvalue weighted by atomic mass is 16.7. The van der Waals surface area contributed by atoms with Crippen molar-refractivity contribution in [2.24, 2.45) is 11.8 Å². The van der Waals surface area contributed by atoms with E-state index in [1.807, 2.05) is 0 Å². The smallest absolute Gasteiger partial charge is 0.0762 e. The van der Waals surface area contributed by atoms with Crippen LogP contribution in [0.25, 0.3) is 0 Å². The molecule has 2 nitrogen and oxygen atoms in total. The number of unbranched alkanes of at least 4 members (excludes halogenated alkanes) is 1. The van der Waals surface area contributed by atoms with Gasteiger partial charge in [0.15, 0.2) is 0 Å². The van der Waals surface area contributed by atoms with Gasteiger partial charge in [-0.1, -0.05) is 47.0 Å². The van der Waals surface area contributed by atoms with E-state index >= 15 is 0 Å². The third kappa shape index (κ3) is 7.77. The van der Waals surface area contributed by atoms with Crippen LogP contribution in [-0.2, 0) is 4.84 Å². The van der Waals surface area contributed by atoms with Crippen molar-refractivity contribution in [1.29, 1.82) is 0 Å². The summed E-state index contributed by atoms with van der Waals surface area (Å²) in [5.41, 5.74) is 0. The maximum Gasteiger partial charge on any atom is 0.0762 e. The maximum absolute atomic E-state index is 5.84. The summed E-state index contributed by atoms with van der Waals surface area (Å²) in [6, 6.07) is 0. The molecule has 0 aromatic carbocycles. The second-order valence-corrected chi connectivity index (χ2v) is 5.42. The largest absolute Gasteiger partial charge is 0.296 e. The van der Waals surface area contributed by atoms with E-state index in [0.717, 1.165) is 24.8 Å². The van der Waals surface area contributed by atoms with Crippen LogP contribution in [0.2, 0.25) is 0 Å². The molecular weight excluding hydrogens is 210 g/mol. The van der Waals surface area contributed by atoms with Crippen LogP contribution in [0, 0.1) is 11.8 Å². The lowest BCUT2D eigenvalue weighted by Crippen LogP contribution is -2.32. The highest BCUT2D eigenvalue weighted by molar-refractivity contribution is 4.67. The first-order valence-electron chi connectivity index (χ1n) is 7.42. The van der Waals surface area contributed by atoms with Gasteiger partial charge in [0.2, 0.25) is 0 Å². The molecule has 0 rings (SSSR count). The van der Waals surface area contributed by atoms with Gasteiger partial charge >= 0.3 is 0 Å². The minimum absolute atomic E-state index is 0.337. The van der Waals surface area contributed by atoms with E-state index in [2.05, 4.69) is 46.7 Å². The fourth-order valence-electron chi connectivity index (χ4n) is 2.11. The first-order valence-corrected chi connectivity index (χ1v) is 7.42. The highest BCUT2D eigenvalue weighted by Crippen LogP contribution is 2.22. The van der Waals surface area contributed by atoms with Crippen LogP contribution in [0.1, 0.15) is 66.7 Å². The Morgan fingerprint density at radius 3 is 2.18 bits per heavy atom. The summed E-state index contributed by atoms with van der Waals surface area (Å²) in [7, 11) is 2.08. The standard InChI is InChI=1S/C15H33NO/c1-7-10-11-15(13(4)8-2)12-16(6)17-14(5)9-3/h13-15H,7-12H2,1-6H3. The Bertz CT molecular complexity index is 172. The molecular formula is C15H33NO. The van der Waals surface area contributed by atoms with Gasteiger partial charge < -0.3 is 0 Å². The van der Waals surface area contributed by atoms with Crippen molar-refractivity contribution >= 4 is 0 Å². The second-order valence-electron chi connectivity index (χ2n) is 5.42. The van der Waals surface area contributed by atoms with Crippen LogP contribution in [0.4, 0.5) is 0 Å². The minimum atomic E-state index is 0.337. The SMILES string of the molecule is CCCCC(CN(C)OC(C)CC)C(C)CC. The van der Waals surface area contributed by atoms with Crippen LogP contribution >= 0.6 is 0 Å². The Labute approximate surface area is 109 Å². The molecule has 17 heavy (non-hydrogen) atoms. The predicted molar refractivity (Wildman–Crippen MR) is 75.9 cm³/mol. The summed E-state index contributed by atoms with van der Waals surface area (Å²) in [6.07, 6.45) is 6.65. The molecule has 0 amide bonds. The Morgan fingerprint density at radius 1 is 1.06 bits per heavy atom. The molecule has 3 atom stereocenters. The highest BCUT2D eigenvalue weighted by Gasteiger charge is 2.18. The van der Waals surface area contributed by atoms with Crippen LogP contribution in [-0.4, -0.2) is 24.8 Å². The van der Waals surface area contributed by atoms with Crippen LogP contribution in [0.15, 0.2) is 0 Å². The topological polar surface area (TPSA) is 12.5 Å². The third-order valence-corrected chi connectivity index (χ3v) is 3.80. The Kier molecular flexibility index (Phi) is 9.85. The zero-order chi connectivity index (χ0) is 13.3. The van der Waals surface area contributed by atoms with Gasteiger partial charge in [-0.15, -0.1) is 0 Å². The van der Waals surface area contributed by atoms with Crippen molar-refractivity contribution in [1.82, 2.24) is 5.06 Å². The van der Waals surface area contributed by atoms with E-state index in [0.29, 0.717) is 6.10 Å². The van der Waals surface area contributed by atoms with Gasteiger partial charge in [0, 0.05) is 13.6 Å². The zero-order valence-corrected chi connectivity index (χ0v) is 12.8. The maximum atomic E-state index is 5.84. The summed E-state index contributed by atoms with van der Waals surface area (Å²) in [5, 5.41) is 2.06. The first kappa shape index (κ1) is 16.9. The van der Waals surface area contributed by atoms with Crippen molar-refractivity contribution in [3.8, 4) is 0 Å². The van der Waals surface area contributed by atoms with E-state index in [4.69, 9.17) is 4.84 Å². The molecule has 0 radical (unpaired) electrons. The van der Waals surface area contributed by atoms with Gasteiger partial charge in [-0.25, -0.2) is 0 Å². The quantitative estimate of drug-likeness (QED) is 0.524. The lowest BCUT2D eigenvalue weighted by molar-refractivity contribution is -0.185. The summed E-state index contributed by atoms with van der Waals surface area (Å²) in [5.74, 6) is 1.57. The molecule has 0 aromatic heterocycles. The number of nitrogens with zero attached hydrogens (tertiary/aromatic N) is 1. The average Bonchev–Trinajstić information content (AvgIpc) is 2.33. The number of hydrogen-bond donors (Lipinski definition) is 0. The van der Waals surface area contributed by atoms with Gasteiger partial charge in [0.1, 0.15) is 0 Å². The lowest BCUT2D eigenvalue weighted by Gasteiger charge is -2.29.